The molecule has 0 aliphatic heterocycles. The van der Waals surface area contributed by atoms with Crippen LogP contribution in [0.2, 0.25) is 0 Å². The Morgan fingerprint density at radius 1 is 1.58 bits per heavy atom. The number of carboxylic acid groups (broad SMARTS) is 1. The maximum atomic E-state index is 13.3. The summed E-state index contributed by atoms with van der Waals surface area (Å²) in [6.45, 7) is 3.35. The van der Waals surface area contributed by atoms with Gasteiger partial charge in [-0.15, -0.1) is 6.58 Å². The molecule has 8 heteroatoms. The molecular weight excluding hydrogens is 341 g/mol. The number of halogens is 2. The summed E-state index contributed by atoms with van der Waals surface area (Å²) in [6.07, 6.45) is 1.21. The molecule has 1 unspecified atom stereocenters. The van der Waals surface area contributed by atoms with Crippen LogP contribution in [0.5, 0.6) is 0 Å². The van der Waals surface area contributed by atoms with E-state index < -0.39 is 27.9 Å². The Morgan fingerprint density at radius 3 is 2.68 bits per heavy atom. The molecule has 0 saturated carbocycles. The van der Waals surface area contributed by atoms with E-state index in [1.165, 1.54) is 18.2 Å². The average Bonchev–Trinajstić information content (AvgIpc) is 2.31. The maximum Gasteiger partial charge on any atom is 0.322 e. The molecule has 0 saturated heterocycles. The van der Waals surface area contributed by atoms with Crippen molar-refractivity contribution in [3.05, 3.63) is 41.1 Å². The second kappa shape index (κ2) is 6.27. The topological polar surface area (TPSA) is 83.5 Å². The van der Waals surface area contributed by atoms with Crippen molar-refractivity contribution in [1.29, 1.82) is 0 Å². The SMILES string of the molecule is C=CCC(NS(=O)(=O)c1ccc(Br)c(F)c1)C(=O)O. The van der Waals surface area contributed by atoms with E-state index in [9.17, 15) is 17.6 Å². The predicted octanol–water partition coefficient (Wildman–Crippen LogP) is 1.90. The summed E-state index contributed by atoms with van der Waals surface area (Å²) < 4.78 is 39.2. The Hall–Kier alpha value is -1.25. The molecule has 0 amide bonds. The molecule has 0 bridgehead atoms. The molecule has 0 aliphatic carbocycles. The van der Waals surface area contributed by atoms with Crippen LogP contribution in [0.4, 0.5) is 4.39 Å². The van der Waals surface area contributed by atoms with E-state index in [0.29, 0.717) is 0 Å². The van der Waals surface area contributed by atoms with Gasteiger partial charge in [-0.1, -0.05) is 6.08 Å². The van der Waals surface area contributed by atoms with Gasteiger partial charge in [0, 0.05) is 0 Å². The third-order valence-corrected chi connectivity index (χ3v) is 4.31. The number of rotatable bonds is 6. The van der Waals surface area contributed by atoms with Gasteiger partial charge in [-0.25, -0.2) is 12.8 Å². The van der Waals surface area contributed by atoms with E-state index in [4.69, 9.17) is 5.11 Å². The molecule has 0 radical (unpaired) electrons. The summed E-state index contributed by atoms with van der Waals surface area (Å²) in [7, 11) is -4.11. The maximum absolute atomic E-state index is 13.3. The summed E-state index contributed by atoms with van der Waals surface area (Å²) in [4.78, 5) is 10.5. The molecule has 104 valence electrons. The molecule has 5 nitrogen and oxygen atoms in total. The number of aliphatic carboxylic acids is 1. The first-order valence-corrected chi connectivity index (χ1v) is 7.36. The summed E-state index contributed by atoms with van der Waals surface area (Å²) in [5.41, 5.74) is 0. The molecule has 0 aliphatic rings. The molecule has 1 aromatic carbocycles. The standard InChI is InChI=1S/C11H11BrFNO4S/c1-2-3-10(11(15)16)14-19(17,18)7-4-5-8(12)9(13)6-7/h2,4-6,10,14H,1,3H2,(H,15,16). The number of nitrogens with one attached hydrogen (secondary N) is 1. The van der Waals surface area contributed by atoms with Crippen molar-refractivity contribution < 1.29 is 22.7 Å². The molecule has 0 spiro atoms. The zero-order valence-electron chi connectivity index (χ0n) is 9.64. The van der Waals surface area contributed by atoms with E-state index in [-0.39, 0.29) is 15.8 Å². The van der Waals surface area contributed by atoms with Crippen molar-refractivity contribution in [3.63, 3.8) is 0 Å². The largest absolute Gasteiger partial charge is 0.480 e. The number of carboxylic acids is 1. The first-order chi connectivity index (χ1) is 8.77. The summed E-state index contributed by atoms with van der Waals surface area (Å²) >= 11 is 2.90. The van der Waals surface area contributed by atoms with Crippen LogP contribution in [0, 0.1) is 5.82 Å². The fourth-order valence-electron chi connectivity index (χ4n) is 1.27. The van der Waals surface area contributed by atoms with Crippen molar-refractivity contribution in [2.45, 2.75) is 17.4 Å². The molecule has 1 aromatic rings. The van der Waals surface area contributed by atoms with Crippen LogP contribution >= 0.6 is 15.9 Å². The zero-order chi connectivity index (χ0) is 14.6. The van der Waals surface area contributed by atoms with Crippen LogP contribution in [0.15, 0.2) is 40.2 Å². The highest BCUT2D eigenvalue weighted by atomic mass is 79.9. The first-order valence-electron chi connectivity index (χ1n) is 5.09. The third-order valence-electron chi connectivity index (χ3n) is 2.20. The predicted molar refractivity (Wildman–Crippen MR) is 70.7 cm³/mol. The minimum absolute atomic E-state index is 0.0758. The number of hydrogen-bond donors (Lipinski definition) is 2. The Balaban J connectivity index is 3.06. The van der Waals surface area contributed by atoms with Crippen molar-refractivity contribution in [1.82, 2.24) is 4.72 Å². The Labute approximate surface area is 118 Å². The molecule has 0 fully saturated rings. The smallest absolute Gasteiger partial charge is 0.322 e. The van der Waals surface area contributed by atoms with E-state index in [1.807, 2.05) is 4.72 Å². The summed E-state index contributed by atoms with van der Waals surface area (Å²) in [5, 5.41) is 8.86. The minimum Gasteiger partial charge on any atom is -0.480 e. The molecule has 0 aromatic heterocycles. The van der Waals surface area contributed by atoms with E-state index in [0.717, 1.165) is 6.07 Å². The fraction of sp³-hybridized carbons (Fsp3) is 0.182. The molecule has 2 N–H and O–H groups in total. The fourth-order valence-corrected chi connectivity index (χ4v) is 2.73. The number of carbonyl (C=O) groups is 1. The highest BCUT2D eigenvalue weighted by Gasteiger charge is 2.24. The third kappa shape index (κ3) is 4.12. The normalized spacial score (nSPS) is 12.9. The lowest BCUT2D eigenvalue weighted by Gasteiger charge is -2.13. The highest BCUT2D eigenvalue weighted by Crippen LogP contribution is 2.19. The van der Waals surface area contributed by atoms with Gasteiger partial charge in [0.25, 0.3) is 0 Å². The number of hydrogen-bond acceptors (Lipinski definition) is 3. The minimum atomic E-state index is -4.11. The van der Waals surface area contributed by atoms with Gasteiger partial charge in [-0.05, 0) is 40.5 Å². The molecular formula is C11H11BrFNO4S. The van der Waals surface area contributed by atoms with Gasteiger partial charge in [0.15, 0.2) is 0 Å². The van der Waals surface area contributed by atoms with Gasteiger partial charge in [0.1, 0.15) is 11.9 Å². The van der Waals surface area contributed by atoms with Gasteiger partial charge in [0.2, 0.25) is 10.0 Å². The Kier molecular flexibility index (Phi) is 5.21. The van der Waals surface area contributed by atoms with E-state index >= 15 is 0 Å². The van der Waals surface area contributed by atoms with Crippen molar-refractivity contribution in [2.75, 3.05) is 0 Å². The van der Waals surface area contributed by atoms with Gasteiger partial charge >= 0.3 is 5.97 Å². The van der Waals surface area contributed by atoms with Crippen LogP contribution in [0.1, 0.15) is 6.42 Å². The molecule has 1 atom stereocenters. The van der Waals surface area contributed by atoms with Crippen molar-refractivity contribution in [2.24, 2.45) is 0 Å². The Morgan fingerprint density at radius 2 is 2.21 bits per heavy atom. The summed E-state index contributed by atoms with van der Waals surface area (Å²) in [6, 6.07) is 1.86. The molecule has 19 heavy (non-hydrogen) atoms. The first kappa shape index (κ1) is 15.8. The lowest BCUT2D eigenvalue weighted by molar-refractivity contribution is -0.138. The second-order valence-corrected chi connectivity index (χ2v) is 6.18. The lowest BCUT2D eigenvalue weighted by atomic mass is 10.2. The Bertz CT molecular complexity index is 603. The highest BCUT2D eigenvalue weighted by molar-refractivity contribution is 9.10. The zero-order valence-corrected chi connectivity index (χ0v) is 12.0. The van der Waals surface area contributed by atoms with E-state index in [2.05, 4.69) is 22.5 Å². The quantitative estimate of drug-likeness (QED) is 0.766. The monoisotopic (exact) mass is 351 g/mol. The van der Waals surface area contributed by atoms with Gasteiger partial charge in [0.05, 0.1) is 9.37 Å². The van der Waals surface area contributed by atoms with Crippen molar-refractivity contribution >= 4 is 31.9 Å². The number of benzene rings is 1. The molecule has 1 rings (SSSR count). The molecule has 0 heterocycles. The van der Waals surface area contributed by atoms with Crippen LogP contribution in [0.25, 0.3) is 0 Å². The lowest BCUT2D eigenvalue weighted by Crippen LogP contribution is -2.40. The van der Waals surface area contributed by atoms with Gasteiger partial charge < -0.3 is 5.11 Å². The summed E-state index contributed by atoms with van der Waals surface area (Å²) in [5.74, 6) is -2.08. The van der Waals surface area contributed by atoms with Crippen LogP contribution in [-0.2, 0) is 14.8 Å². The van der Waals surface area contributed by atoms with Gasteiger partial charge in [-0.3, -0.25) is 4.79 Å². The van der Waals surface area contributed by atoms with Gasteiger partial charge in [-0.2, -0.15) is 4.72 Å². The van der Waals surface area contributed by atoms with Crippen LogP contribution < -0.4 is 4.72 Å². The van der Waals surface area contributed by atoms with E-state index in [1.54, 1.807) is 0 Å². The van der Waals surface area contributed by atoms with Crippen LogP contribution in [-0.4, -0.2) is 25.5 Å². The number of sulfonamides is 1. The van der Waals surface area contributed by atoms with Crippen LogP contribution in [0.3, 0.4) is 0 Å². The van der Waals surface area contributed by atoms with Crippen molar-refractivity contribution in [3.8, 4) is 0 Å². The average molecular weight is 352 g/mol. The second-order valence-electron chi connectivity index (χ2n) is 3.61.